The first-order valence-corrected chi connectivity index (χ1v) is 15.5. The number of hydrogen-bond donors (Lipinski definition) is 0. The van der Waals surface area contributed by atoms with Crippen LogP contribution in [0.25, 0.3) is 82.4 Å². The van der Waals surface area contributed by atoms with Gasteiger partial charge in [-0.2, -0.15) is 0 Å². The second-order valence-corrected chi connectivity index (χ2v) is 11.7. The molecule has 0 bridgehead atoms. The lowest BCUT2D eigenvalue weighted by molar-refractivity contribution is 1.18. The number of rotatable bonds is 4. The Morgan fingerprint density at radius 1 is 0.267 bits per heavy atom. The Hall–Kier alpha value is -5.92. The minimum absolute atomic E-state index is 1.17. The first-order valence-electron chi connectivity index (χ1n) is 15.5. The van der Waals surface area contributed by atoms with E-state index in [-0.39, 0.29) is 0 Å². The Bertz CT molecular complexity index is 2410. The van der Waals surface area contributed by atoms with Gasteiger partial charge >= 0.3 is 0 Å². The molecule has 0 saturated carbocycles. The van der Waals surface area contributed by atoms with E-state index < -0.39 is 0 Å². The van der Waals surface area contributed by atoms with Crippen molar-refractivity contribution in [1.82, 2.24) is 4.57 Å². The predicted molar refractivity (Wildman–Crippen MR) is 192 cm³/mol. The molecule has 0 atom stereocenters. The molecule has 9 aromatic rings. The Morgan fingerprint density at radius 3 is 1.22 bits per heavy atom. The zero-order valence-electron chi connectivity index (χ0n) is 24.7. The van der Waals surface area contributed by atoms with E-state index in [4.69, 9.17) is 0 Å². The highest BCUT2D eigenvalue weighted by atomic mass is 15.0. The van der Waals surface area contributed by atoms with Gasteiger partial charge in [0.25, 0.3) is 0 Å². The molecule has 1 heteroatoms. The van der Waals surface area contributed by atoms with Gasteiger partial charge in [0.05, 0.1) is 11.0 Å². The van der Waals surface area contributed by atoms with E-state index in [0.717, 1.165) is 0 Å². The average Bonchev–Trinajstić information content (AvgIpc) is 3.45. The molecule has 0 fully saturated rings. The van der Waals surface area contributed by atoms with Crippen molar-refractivity contribution in [3.63, 3.8) is 0 Å². The average molecular weight is 572 g/mol. The highest BCUT2D eigenvalue weighted by molar-refractivity contribution is 6.21. The quantitative estimate of drug-likeness (QED) is 0.185. The number of fused-ring (bicyclic) bond motifs is 5. The number of para-hydroxylation sites is 2. The lowest BCUT2D eigenvalue weighted by atomic mass is 9.85. The molecule has 0 spiro atoms. The molecule has 8 aromatic carbocycles. The Labute approximate surface area is 262 Å². The lowest BCUT2D eigenvalue weighted by Crippen LogP contribution is -1.95. The molecule has 0 N–H and O–H groups in total. The molecule has 0 amide bonds. The topological polar surface area (TPSA) is 4.93 Å². The summed E-state index contributed by atoms with van der Waals surface area (Å²) >= 11 is 0. The van der Waals surface area contributed by atoms with Crippen molar-refractivity contribution in [2.45, 2.75) is 0 Å². The second-order valence-electron chi connectivity index (χ2n) is 11.7. The van der Waals surface area contributed by atoms with Crippen LogP contribution in [0, 0.1) is 0 Å². The number of aromatic nitrogens is 1. The van der Waals surface area contributed by atoms with Crippen LogP contribution in [0.4, 0.5) is 0 Å². The molecule has 0 aliphatic rings. The summed E-state index contributed by atoms with van der Waals surface area (Å²) < 4.78 is 2.40. The molecule has 45 heavy (non-hydrogen) atoms. The van der Waals surface area contributed by atoms with Crippen LogP contribution >= 0.6 is 0 Å². The van der Waals surface area contributed by atoms with E-state index in [0.29, 0.717) is 0 Å². The molecule has 0 saturated heterocycles. The summed E-state index contributed by atoms with van der Waals surface area (Å²) in [4.78, 5) is 0. The van der Waals surface area contributed by atoms with Crippen LogP contribution in [0.15, 0.2) is 176 Å². The minimum atomic E-state index is 1.17. The Morgan fingerprint density at radius 2 is 0.667 bits per heavy atom. The first kappa shape index (κ1) is 25.6. The van der Waals surface area contributed by atoms with Crippen molar-refractivity contribution in [3.8, 4) is 39.1 Å². The number of nitrogens with zero attached hydrogens (tertiary/aromatic N) is 1. The molecular formula is C44H29N. The fraction of sp³-hybridized carbons (Fsp3) is 0. The zero-order chi connectivity index (χ0) is 29.7. The van der Waals surface area contributed by atoms with Crippen LogP contribution < -0.4 is 0 Å². The Balaban J connectivity index is 1.28. The maximum Gasteiger partial charge on any atom is 0.0541 e. The molecule has 9 rings (SSSR count). The summed E-state index contributed by atoms with van der Waals surface area (Å²) in [5.74, 6) is 0. The third kappa shape index (κ3) is 4.09. The molecule has 210 valence electrons. The van der Waals surface area contributed by atoms with Crippen LogP contribution in [-0.4, -0.2) is 4.57 Å². The van der Waals surface area contributed by atoms with Crippen molar-refractivity contribution < 1.29 is 0 Å². The molecular weight excluding hydrogens is 542 g/mol. The summed E-state index contributed by atoms with van der Waals surface area (Å²) in [6.07, 6.45) is 0. The van der Waals surface area contributed by atoms with Gasteiger partial charge in [0.15, 0.2) is 0 Å². The van der Waals surface area contributed by atoms with Crippen LogP contribution in [0.1, 0.15) is 0 Å². The molecule has 0 aliphatic carbocycles. The zero-order valence-corrected chi connectivity index (χ0v) is 24.7. The van der Waals surface area contributed by atoms with Crippen molar-refractivity contribution in [3.05, 3.63) is 176 Å². The van der Waals surface area contributed by atoms with Gasteiger partial charge in [0, 0.05) is 16.5 Å². The molecule has 0 aliphatic heterocycles. The summed E-state index contributed by atoms with van der Waals surface area (Å²) in [5.41, 5.74) is 11.1. The highest BCUT2D eigenvalue weighted by Gasteiger charge is 2.18. The summed E-state index contributed by atoms with van der Waals surface area (Å²) in [6, 6.07) is 63.9. The van der Waals surface area contributed by atoms with Gasteiger partial charge in [0.2, 0.25) is 0 Å². The normalized spacial score (nSPS) is 11.6. The maximum atomic E-state index is 2.40. The van der Waals surface area contributed by atoms with Crippen molar-refractivity contribution in [2.75, 3.05) is 0 Å². The van der Waals surface area contributed by atoms with E-state index >= 15 is 0 Å². The highest BCUT2D eigenvalue weighted by Crippen LogP contribution is 2.44. The number of hydrogen-bond acceptors (Lipinski definition) is 0. The SMILES string of the molecule is c1ccc(-c2ccc(-c3c4ccccc4c(-c4cccc(-n5c6ccccc6c6ccccc65)c4)c4ccccc34)cc2)cc1. The van der Waals surface area contributed by atoms with Gasteiger partial charge in [-0.25, -0.2) is 0 Å². The largest absolute Gasteiger partial charge is 0.309 e. The third-order valence-electron chi connectivity index (χ3n) is 9.19. The Kier molecular flexibility index (Phi) is 5.89. The smallest absolute Gasteiger partial charge is 0.0541 e. The molecule has 1 aromatic heterocycles. The van der Waals surface area contributed by atoms with Crippen molar-refractivity contribution in [2.24, 2.45) is 0 Å². The number of benzene rings is 8. The van der Waals surface area contributed by atoms with Gasteiger partial charge in [-0.1, -0.05) is 152 Å². The maximum absolute atomic E-state index is 2.40. The van der Waals surface area contributed by atoms with Gasteiger partial charge in [0.1, 0.15) is 0 Å². The van der Waals surface area contributed by atoms with Gasteiger partial charge in [-0.15, -0.1) is 0 Å². The summed E-state index contributed by atoms with van der Waals surface area (Å²) in [7, 11) is 0. The fourth-order valence-corrected chi connectivity index (χ4v) is 7.21. The van der Waals surface area contributed by atoms with E-state index in [1.165, 1.54) is 82.4 Å². The van der Waals surface area contributed by atoms with Crippen LogP contribution in [0.3, 0.4) is 0 Å². The second kappa shape index (κ2) is 10.4. The predicted octanol–water partition coefficient (Wildman–Crippen LogP) is 12.1. The standard InChI is InChI=1S/C44H29N/c1-2-13-30(14-3-1)31-25-27-32(28-26-31)43-37-19-4-6-21-39(37)44(40-22-7-5-20-38(40)43)33-15-12-16-34(29-33)45-41-23-10-8-17-35(41)36-18-9-11-24-42(36)45/h1-29H. The lowest BCUT2D eigenvalue weighted by Gasteiger charge is -2.18. The molecule has 1 nitrogen and oxygen atoms in total. The molecule has 0 radical (unpaired) electrons. The summed E-state index contributed by atoms with van der Waals surface area (Å²) in [6.45, 7) is 0. The fourth-order valence-electron chi connectivity index (χ4n) is 7.21. The molecule has 0 unspecified atom stereocenters. The van der Waals surface area contributed by atoms with Crippen molar-refractivity contribution in [1.29, 1.82) is 0 Å². The van der Waals surface area contributed by atoms with Crippen LogP contribution in [0.5, 0.6) is 0 Å². The van der Waals surface area contributed by atoms with E-state index in [9.17, 15) is 0 Å². The third-order valence-corrected chi connectivity index (χ3v) is 9.19. The van der Waals surface area contributed by atoms with E-state index in [1.54, 1.807) is 0 Å². The minimum Gasteiger partial charge on any atom is -0.309 e. The van der Waals surface area contributed by atoms with Gasteiger partial charge in [-0.05, 0) is 79.2 Å². The molecule has 1 heterocycles. The van der Waals surface area contributed by atoms with Crippen molar-refractivity contribution >= 4 is 43.4 Å². The van der Waals surface area contributed by atoms with E-state index in [2.05, 4.69) is 180 Å². The summed E-state index contributed by atoms with van der Waals surface area (Å²) in [5, 5.41) is 7.60. The van der Waals surface area contributed by atoms with Crippen LogP contribution in [0.2, 0.25) is 0 Å². The first-order chi connectivity index (χ1) is 22.3. The van der Waals surface area contributed by atoms with Crippen LogP contribution in [-0.2, 0) is 0 Å². The van der Waals surface area contributed by atoms with E-state index in [1.807, 2.05) is 0 Å². The monoisotopic (exact) mass is 571 g/mol. The van der Waals surface area contributed by atoms with Gasteiger partial charge < -0.3 is 4.57 Å². The van der Waals surface area contributed by atoms with Gasteiger partial charge in [-0.3, -0.25) is 0 Å².